The molecule has 1 saturated heterocycles. The highest BCUT2D eigenvalue weighted by molar-refractivity contribution is 8.76. The molecule has 23 nitrogen and oxygen atoms in total. The van der Waals surface area contributed by atoms with Crippen molar-refractivity contribution in [3.05, 3.63) is 144 Å². The number of anilines is 1. The number of pyridine rings is 1. The van der Waals surface area contributed by atoms with Crippen LogP contribution < -0.4 is 48.3 Å². The molecule has 7 rings (SSSR count). The number of hydrogen-bond acceptors (Lipinski definition) is 16. The summed E-state index contributed by atoms with van der Waals surface area (Å²) < 4.78 is 0. The molecular weight excluding hydrogens is 1120 g/mol. The predicted octanol–water partition coefficient (Wildman–Crippen LogP) is 1.59. The third-order valence-corrected chi connectivity index (χ3v) is 16.5. The number of aromatic carboxylic acids is 1. The smallest absolute Gasteiger partial charge is 0.335 e. The van der Waals surface area contributed by atoms with Crippen molar-refractivity contribution in [2.45, 2.75) is 113 Å². The van der Waals surface area contributed by atoms with Crippen LogP contribution in [-0.2, 0) is 52.8 Å². The van der Waals surface area contributed by atoms with Gasteiger partial charge in [-0.3, -0.25) is 33.6 Å². The van der Waals surface area contributed by atoms with Crippen LogP contribution >= 0.6 is 21.6 Å². The van der Waals surface area contributed by atoms with Crippen molar-refractivity contribution in [3.8, 4) is 0 Å². The van der Waals surface area contributed by atoms with Crippen molar-refractivity contribution in [2.75, 3.05) is 30.0 Å². The van der Waals surface area contributed by atoms with Crippen molar-refractivity contribution < 1.29 is 58.8 Å². The Morgan fingerprint density at radius 3 is 2.05 bits per heavy atom. The first-order valence-corrected chi connectivity index (χ1v) is 30.0. The monoisotopic (exact) mass is 1190 g/mol. The second-order valence-corrected chi connectivity index (χ2v) is 23.1. The average Bonchev–Trinajstić information content (AvgIpc) is 3.85. The fraction of sp³-hybridized carbons (Fsp3) is 0.373. The molecule has 10 atom stereocenters. The van der Waals surface area contributed by atoms with Crippen LogP contribution in [0.2, 0.25) is 0 Å². The number of amides is 7. The maximum Gasteiger partial charge on any atom is 0.335 e. The lowest BCUT2D eigenvalue weighted by Gasteiger charge is -2.29. The number of para-hydroxylation sites is 1. The molecule has 0 spiro atoms. The van der Waals surface area contributed by atoms with Gasteiger partial charge in [-0.05, 0) is 92.6 Å². The van der Waals surface area contributed by atoms with E-state index in [-0.39, 0.29) is 49.2 Å². The first-order chi connectivity index (χ1) is 40.4. The number of carboxylic acids is 1. The number of benzene rings is 4. The molecule has 1 aliphatic heterocycles. The standard InChI is InChI=1S/C59H71N11O12S2/c1-33(72)47(30-71)67-57(79)49-32-84-83-31-48(68-52(74)41(60)25-35-13-5-3-6-14-35)56(78)65-45(26-36-15-7-4-8-16-36)54(76)66-46(28-39-29-62-43-18-10-9-17-40(39)43)55(77)64-44(53(75)70-51(34(2)73)58(80)69-49)19-11-12-24-61-50-23-21-37-27-38(59(81)82)20-22-42(37)63-50/h3-10,13-18,20-23,27,29,33-34,41,44-49,51,62,71-73H,11-12,19,24-26,28,30-32,60H2,1-2H3,(H,61,63)(H,64,77)(H,65,78)(H,66,76)(H,67,79)(H,68,74)(H,69,80)(H,70,75)(H,81,82)/t33?,34-,41-,44+,45+,46-,47?,48+,49+,51+/m1/s1. The molecule has 0 saturated carbocycles. The number of carbonyl (C=O) groups excluding carboxylic acids is 7. The van der Waals surface area contributed by atoms with Gasteiger partial charge in [0, 0.05) is 53.4 Å². The Kier molecular flexibility index (Phi) is 23.4. The van der Waals surface area contributed by atoms with E-state index >= 15 is 4.79 Å². The van der Waals surface area contributed by atoms with Crippen LogP contribution in [0.15, 0.2) is 121 Å². The van der Waals surface area contributed by atoms with Crippen LogP contribution in [0.3, 0.4) is 0 Å². The Hall–Kier alpha value is -8.07. The SMILES string of the molecule is CC(O)C(CO)NC(=O)[C@@H]1CSSC[C@H](NC(=O)[C@H](N)Cc2ccccc2)C(=O)N[C@@H](Cc2ccccc2)C(=O)N[C@H](Cc2c[nH]c3ccccc23)C(=O)N[C@@H](CCCCNc2ccc3cc(C(=O)O)ccc3n2)C(=O)N[C@@H]([C@@H](C)O)C(=O)N1. The van der Waals surface area contributed by atoms with Crippen molar-refractivity contribution in [2.24, 2.45) is 5.73 Å². The number of H-pyrrole nitrogens is 1. The minimum absolute atomic E-state index is 0.0418. The van der Waals surface area contributed by atoms with Gasteiger partial charge in [0.05, 0.1) is 42.0 Å². The highest BCUT2D eigenvalue weighted by Gasteiger charge is 2.36. The van der Waals surface area contributed by atoms with Gasteiger partial charge in [0.1, 0.15) is 42.1 Å². The number of nitrogens with two attached hydrogens (primary N) is 1. The van der Waals surface area contributed by atoms with E-state index in [9.17, 15) is 54.0 Å². The van der Waals surface area contributed by atoms with Crippen LogP contribution in [-0.4, -0.2) is 163 Å². The zero-order valence-electron chi connectivity index (χ0n) is 46.3. The number of nitrogens with zero attached hydrogens (tertiary/aromatic N) is 1. The summed E-state index contributed by atoms with van der Waals surface area (Å²) in [5.74, 6) is -6.86. The van der Waals surface area contributed by atoms with E-state index in [2.05, 4.69) is 52.5 Å². The fourth-order valence-electron chi connectivity index (χ4n) is 9.28. The molecule has 1 aliphatic rings. The Bertz CT molecular complexity index is 3250. The maximum atomic E-state index is 15.0. The minimum Gasteiger partial charge on any atom is -0.478 e. The maximum absolute atomic E-state index is 15.0. The van der Waals surface area contributed by atoms with E-state index in [1.165, 1.54) is 26.0 Å². The number of aliphatic hydroxyl groups excluding tert-OH is 3. The van der Waals surface area contributed by atoms with Gasteiger partial charge in [-0.25, -0.2) is 9.78 Å². The van der Waals surface area contributed by atoms with Crippen LogP contribution in [0.25, 0.3) is 21.8 Å². The second kappa shape index (κ2) is 31.0. The number of hydrogen-bond donors (Lipinski definition) is 14. The van der Waals surface area contributed by atoms with Gasteiger partial charge in [-0.1, -0.05) is 100 Å². The van der Waals surface area contributed by atoms with E-state index in [0.29, 0.717) is 40.8 Å². The van der Waals surface area contributed by atoms with Gasteiger partial charge in [-0.2, -0.15) is 0 Å². The summed E-state index contributed by atoms with van der Waals surface area (Å²) in [6, 6.07) is 22.1. The summed E-state index contributed by atoms with van der Waals surface area (Å²) in [6.07, 6.45) is -0.559. The molecule has 2 aromatic heterocycles. The van der Waals surface area contributed by atoms with Gasteiger partial charge in [-0.15, -0.1) is 0 Å². The first-order valence-electron chi connectivity index (χ1n) is 27.5. The van der Waals surface area contributed by atoms with Crippen molar-refractivity contribution in [1.82, 2.24) is 47.2 Å². The molecule has 6 aromatic rings. The van der Waals surface area contributed by atoms with Crippen LogP contribution in [0.4, 0.5) is 5.82 Å². The van der Waals surface area contributed by atoms with E-state index in [1.54, 1.807) is 79.0 Å². The number of carbonyl (C=O) groups is 8. The topological polar surface area (TPSA) is 368 Å². The normalized spacial score (nSPS) is 21.0. The van der Waals surface area contributed by atoms with Gasteiger partial charge in [0.15, 0.2) is 0 Å². The Labute approximate surface area is 492 Å². The predicted molar refractivity (Wildman–Crippen MR) is 320 cm³/mol. The van der Waals surface area contributed by atoms with Gasteiger partial charge >= 0.3 is 5.97 Å². The summed E-state index contributed by atoms with van der Waals surface area (Å²) in [6.45, 7) is 2.24. The number of aliphatic hydroxyl groups is 3. The van der Waals surface area contributed by atoms with E-state index < -0.39 is 114 Å². The highest BCUT2D eigenvalue weighted by atomic mass is 33.1. The van der Waals surface area contributed by atoms with Crippen molar-refractivity contribution in [3.63, 3.8) is 0 Å². The molecule has 25 heteroatoms. The van der Waals surface area contributed by atoms with E-state index in [0.717, 1.165) is 38.1 Å². The molecule has 0 bridgehead atoms. The van der Waals surface area contributed by atoms with Gasteiger partial charge < -0.3 is 73.7 Å². The summed E-state index contributed by atoms with van der Waals surface area (Å²) >= 11 is 0. The summed E-state index contributed by atoms with van der Waals surface area (Å²) in [7, 11) is 2.03. The summed E-state index contributed by atoms with van der Waals surface area (Å²) in [4.78, 5) is 121. The van der Waals surface area contributed by atoms with Crippen LogP contribution in [0, 0.1) is 0 Å². The van der Waals surface area contributed by atoms with Crippen LogP contribution in [0.1, 0.15) is 60.2 Å². The first kappa shape index (κ1) is 63.5. The third kappa shape index (κ3) is 18.2. The Balaban J connectivity index is 1.22. The third-order valence-electron chi connectivity index (χ3n) is 14.1. The number of aromatic amines is 1. The molecule has 7 amide bonds. The molecule has 15 N–H and O–H groups in total. The Morgan fingerprint density at radius 1 is 0.714 bits per heavy atom. The summed E-state index contributed by atoms with van der Waals surface area (Å²) in [5, 5.41) is 64.3. The second-order valence-electron chi connectivity index (χ2n) is 20.5. The summed E-state index contributed by atoms with van der Waals surface area (Å²) in [5.41, 5.74) is 9.83. The number of aromatic nitrogens is 2. The Morgan fingerprint density at radius 2 is 1.36 bits per heavy atom. The molecule has 0 aliphatic carbocycles. The highest BCUT2D eigenvalue weighted by Crippen LogP contribution is 2.25. The minimum atomic E-state index is -1.73. The zero-order valence-corrected chi connectivity index (χ0v) is 47.9. The molecule has 1 fully saturated rings. The molecule has 2 unspecified atom stereocenters. The largest absolute Gasteiger partial charge is 0.478 e. The number of fused-ring (bicyclic) bond motifs is 2. The quantitative estimate of drug-likeness (QED) is 0.0381. The van der Waals surface area contributed by atoms with E-state index in [4.69, 9.17) is 5.73 Å². The van der Waals surface area contributed by atoms with Gasteiger partial charge in [0.25, 0.3) is 0 Å². The molecule has 3 heterocycles. The van der Waals surface area contributed by atoms with Crippen LogP contribution in [0.5, 0.6) is 0 Å². The van der Waals surface area contributed by atoms with Crippen molar-refractivity contribution >= 4 is 96.5 Å². The number of carboxylic acid groups (broad SMARTS) is 1. The number of unbranched alkanes of at least 4 members (excludes halogenated alkanes) is 1. The molecular formula is C59H71N11O12S2. The fourth-order valence-corrected chi connectivity index (χ4v) is 11.6. The number of rotatable bonds is 20. The molecule has 0 radical (unpaired) electrons. The van der Waals surface area contributed by atoms with Gasteiger partial charge in [0.2, 0.25) is 41.4 Å². The molecule has 4 aromatic carbocycles. The average molecular weight is 1190 g/mol. The lowest BCUT2D eigenvalue weighted by Crippen LogP contribution is -2.62. The zero-order chi connectivity index (χ0) is 60.3. The lowest BCUT2D eigenvalue weighted by molar-refractivity contribution is -0.136. The number of nitrogens with one attached hydrogen (secondary N) is 9. The lowest BCUT2D eigenvalue weighted by atomic mass is 10.0. The van der Waals surface area contributed by atoms with E-state index in [1.807, 2.05) is 30.3 Å². The van der Waals surface area contributed by atoms with Crippen molar-refractivity contribution in [1.29, 1.82) is 0 Å². The molecule has 84 heavy (non-hydrogen) atoms. The molecule has 446 valence electrons.